The third kappa shape index (κ3) is 5.16. The van der Waals surface area contributed by atoms with Gasteiger partial charge in [0, 0.05) is 47.3 Å². The monoisotopic (exact) mass is 500 g/mol. The van der Waals surface area contributed by atoms with E-state index in [4.69, 9.17) is 0 Å². The van der Waals surface area contributed by atoms with E-state index in [1.54, 1.807) is 24.5 Å². The van der Waals surface area contributed by atoms with E-state index >= 15 is 0 Å². The number of hydrogen-bond donors (Lipinski definition) is 3. The number of nitrogens with zero attached hydrogens (tertiary/aromatic N) is 4. The summed E-state index contributed by atoms with van der Waals surface area (Å²) in [4.78, 5) is 38.5. The number of pyridine rings is 1. The van der Waals surface area contributed by atoms with Crippen LogP contribution < -0.4 is 10.2 Å². The number of carbonyl (C=O) groups is 2. The highest BCUT2D eigenvalue weighted by atomic mass is 16.3. The molecular formula is C28H32N6O3. The first kappa shape index (κ1) is 24.8. The fourth-order valence-corrected chi connectivity index (χ4v) is 5.61. The first-order chi connectivity index (χ1) is 17.9. The van der Waals surface area contributed by atoms with E-state index in [1.807, 2.05) is 37.4 Å². The summed E-state index contributed by atoms with van der Waals surface area (Å²) in [5, 5.41) is 24.1. The van der Waals surface area contributed by atoms with Crippen LogP contribution in [0.5, 0.6) is 0 Å². The molecule has 2 fully saturated rings. The highest BCUT2D eigenvalue weighted by Gasteiger charge is 2.43. The minimum atomic E-state index is -0.991. The molecule has 1 aliphatic carbocycles. The fourth-order valence-electron chi connectivity index (χ4n) is 5.61. The summed E-state index contributed by atoms with van der Waals surface area (Å²) in [6, 6.07) is 9.35. The lowest BCUT2D eigenvalue weighted by molar-refractivity contribution is -0.128. The number of aromatic nitrogens is 2. The molecular weight excluding hydrogens is 468 g/mol. The first-order valence-corrected chi connectivity index (χ1v) is 12.9. The van der Waals surface area contributed by atoms with Crippen LogP contribution in [0.4, 0.5) is 5.69 Å². The maximum absolute atomic E-state index is 14.2. The number of fused-ring (bicyclic) bond motifs is 1. The summed E-state index contributed by atoms with van der Waals surface area (Å²) in [6.45, 7) is 2.05. The Bertz CT molecular complexity index is 1310. The van der Waals surface area contributed by atoms with Gasteiger partial charge in [-0.15, -0.1) is 0 Å². The molecule has 2 amide bonds. The molecule has 3 N–H and O–H groups in total. The van der Waals surface area contributed by atoms with Gasteiger partial charge in [0.2, 0.25) is 5.91 Å². The van der Waals surface area contributed by atoms with Crippen LogP contribution in [0.3, 0.4) is 0 Å². The van der Waals surface area contributed by atoms with Crippen LogP contribution in [0, 0.1) is 18.4 Å². The van der Waals surface area contributed by atoms with E-state index in [-0.39, 0.29) is 24.9 Å². The average molecular weight is 501 g/mol. The molecule has 1 saturated heterocycles. The molecule has 5 rings (SSSR count). The lowest BCUT2D eigenvalue weighted by atomic mass is 9.94. The number of carbonyl (C=O) groups excluding carboxylic acids is 2. The number of H-pyrrole nitrogens is 1. The zero-order valence-electron chi connectivity index (χ0n) is 20.9. The lowest BCUT2D eigenvalue weighted by Gasteiger charge is -2.35. The number of aliphatic hydroxyl groups is 1. The number of aryl methyl sites for hydroxylation is 1. The van der Waals surface area contributed by atoms with E-state index in [0.717, 1.165) is 48.7 Å². The Morgan fingerprint density at radius 3 is 2.78 bits per heavy atom. The van der Waals surface area contributed by atoms with Crippen molar-refractivity contribution in [3.8, 4) is 6.19 Å². The molecule has 1 saturated carbocycles. The van der Waals surface area contributed by atoms with Crippen LogP contribution >= 0.6 is 0 Å². The smallest absolute Gasteiger partial charge is 0.251 e. The van der Waals surface area contributed by atoms with Crippen molar-refractivity contribution in [1.82, 2.24) is 20.2 Å². The molecule has 9 heteroatoms. The van der Waals surface area contributed by atoms with Crippen LogP contribution in [0.15, 0.2) is 48.8 Å². The molecule has 3 heterocycles. The van der Waals surface area contributed by atoms with Crippen molar-refractivity contribution in [2.75, 3.05) is 11.4 Å². The second-order valence-electron chi connectivity index (χ2n) is 10.1. The molecule has 3 aromatic rings. The second kappa shape index (κ2) is 10.6. The van der Waals surface area contributed by atoms with Crippen molar-refractivity contribution in [3.05, 3.63) is 60.0 Å². The van der Waals surface area contributed by atoms with Gasteiger partial charge in [-0.3, -0.25) is 24.4 Å². The zero-order valence-corrected chi connectivity index (χ0v) is 20.9. The van der Waals surface area contributed by atoms with Crippen molar-refractivity contribution >= 4 is 28.4 Å². The topological polar surface area (TPSA) is 125 Å². The largest absolute Gasteiger partial charge is 0.391 e. The van der Waals surface area contributed by atoms with Gasteiger partial charge in [0.05, 0.1) is 12.6 Å². The average Bonchev–Trinajstić information content (AvgIpc) is 3.48. The molecule has 0 spiro atoms. The Hall–Kier alpha value is -3.90. The number of amides is 2. The number of aliphatic hydroxyl groups excluding tert-OH is 1. The predicted octanol–water partition coefficient (Wildman–Crippen LogP) is 3.31. The Kier molecular flexibility index (Phi) is 7.10. The van der Waals surface area contributed by atoms with Crippen molar-refractivity contribution in [2.24, 2.45) is 0 Å². The predicted molar refractivity (Wildman–Crippen MR) is 139 cm³/mol. The fraction of sp³-hybridized carbons (Fsp3) is 0.429. The Balaban J connectivity index is 1.60. The van der Waals surface area contributed by atoms with Gasteiger partial charge in [-0.05, 0) is 49.4 Å². The number of nitriles is 1. The molecule has 2 aromatic heterocycles. The summed E-state index contributed by atoms with van der Waals surface area (Å²) < 4.78 is 0. The number of anilines is 1. The Morgan fingerprint density at radius 2 is 2.05 bits per heavy atom. The second-order valence-corrected chi connectivity index (χ2v) is 10.1. The quantitative estimate of drug-likeness (QED) is 0.446. The van der Waals surface area contributed by atoms with E-state index in [9.17, 15) is 20.0 Å². The summed E-state index contributed by atoms with van der Waals surface area (Å²) in [6.07, 6.45) is 9.70. The molecule has 3 atom stereocenters. The number of hydrogen-bond acceptors (Lipinski definition) is 6. The van der Waals surface area contributed by atoms with Gasteiger partial charge in [0.1, 0.15) is 12.1 Å². The van der Waals surface area contributed by atoms with Gasteiger partial charge >= 0.3 is 0 Å². The molecule has 1 aromatic carbocycles. The standard InChI is InChI=1S/C28H32N6O3/c1-18-12-19-9-10-22(13-24(19)31-18)34(28(37)25-14-23(35)16-33(25)17-29)26(20-6-5-11-30-15-20)27(36)32-21-7-3-2-4-8-21/h5-6,9-13,15,21,23,25-26,31,35H,2-4,7-8,14,16H2,1H3,(H,32,36). The number of likely N-dealkylation sites (tertiary alicyclic amines) is 1. The van der Waals surface area contributed by atoms with Gasteiger partial charge in [0.25, 0.3) is 5.91 Å². The summed E-state index contributed by atoms with van der Waals surface area (Å²) in [5.41, 5.74) is 2.94. The van der Waals surface area contributed by atoms with Crippen molar-refractivity contribution < 1.29 is 14.7 Å². The molecule has 1 aliphatic heterocycles. The molecule has 2 aliphatic rings. The number of nitrogens with one attached hydrogen (secondary N) is 2. The van der Waals surface area contributed by atoms with E-state index in [1.165, 1.54) is 9.80 Å². The first-order valence-electron chi connectivity index (χ1n) is 12.9. The van der Waals surface area contributed by atoms with E-state index in [2.05, 4.69) is 15.3 Å². The lowest BCUT2D eigenvalue weighted by Crippen LogP contribution is -2.51. The maximum Gasteiger partial charge on any atom is 0.251 e. The van der Waals surface area contributed by atoms with Crippen LogP contribution in [0.25, 0.3) is 10.9 Å². The van der Waals surface area contributed by atoms with Gasteiger partial charge in [-0.2, -0.15) is 5.26 Å². The highest BCUT2D eigenvalue weighted by molar-refractivity contribution is 6.05. The molecule has 37 heavy (non-hydrogen) atoms. The highest BCUT2D eigenvalue weighted by Crippen LogP contribution is 2.33. The maximum atomic E-state index is 14.2. The van der Waals surface area contributed by atoms with Gasteiger partial charge in [0.15, 0.2) is 6.19 Å². The van der Waals surface area contributed by atoms with Crippen LogP contribution in [0.1, 0.15) is 55.8 Å². The van der Waals surface area contributed by atoms with E-state index < -0.39 is 24.1 Å². The third-order valence-corrected chi connectivity index (χ3v) is 7.41. The van der Waals surface area contributed by atoms with Gasteiger partial charge in [-0.1, -0.05) is 31.4 Å². The molecule has 0 bridgehead atoms. The zero-order chi connectivity index (χ0) is 25.9. The normalized spacial score (nSPS) is 20.9. The van der Waals surface area contributed by atoms with Crippen LogP contribution in [-0.4, -0.2) is 56.5 Å². The van der Waals surface area contributed by atoms with Crippen molar-refractivity contribution in [3.63, 3.8) is 0 Å². The summed E-state index contributed by atoms with van der Waals surface area (Å²) in [7, 11) is 0. The number of β-amino-alcohol motifs (C(OH)–C–C–N with tert-alkyl or cyclic N) is 1. The third-order valence-electron chi connectivity index (χ3n) is 7.41. The van der Waals surface area contributed by atoms with E-state index in [0.29, 0.717) is 11.3 Å². The Morgan fingerprint density at radius 1 is 1.24 bits per heavy atom. The summed E-state index contributed by atoms with van der Waals surface area (Å²) >= 11 is 0. The minimum Gasteiger partial charge on any atom is -0.391 e. The molecule has 9 nitrogen and oxygen atoms in total. The van der Waals surface area contributed by atoms with Gasteiger partial charge in [-0.25, -0.2) is 0 Å². The van der Waals surface area contributed by atoms with Crippen molar-refractivity contribution in [2.45, 2.75) is 69.7 Å². The van der Waals surface area contributed by atoms with Crippen molar-refractivity contribution in [1.29, 1.82) is 5.26 Å². The van der Waals surface area contributed by atoms with Crippen LogP contribution in [0.2, 0.25) is 0 Å². The summed E-state index contributed by atoms with van der Waals surface area (Å²) in [5.74, 6) is -0.688. The van der Waals surface area contributed by atoms with Crippen LogP contribution in [-0.2, 0) is 9.59 Å². The number of aromatic amines is 1. The SMILES string of the molecule is Cc1cc2ccc(N(C(=O)C3CC(O)CN3C#N)C(C(=O)NC3CCCCC3)c3cccnc3)cc2[nH]1. The minimum absolute atomic E-state index is 0.0508. The number of rotatable bonds is 6. The molecule has 0 radical (unpaired) electrons. The Labute approximate surface area is 216 Å². The number of benzene rings is 1. The van der Waals surface area contributed by atoms with Gasteiger partial charge < -0.3 is 15.4 Å². The molecule has 192 valence electrons. The molecule has 3 unspecified atom stereocenters.